The second-order valence-corrected chi connectivity index (χ2v) is 6.50. The molecular weight excluding hydrogens is 206 g/mol. The Kier molecular flexibility index (Phi) is 5.34. The molecule has 2 fully saturated rings. The van der Waals surface area contributed by atoms with Crippen LogP contribution >= 0.6 is 0 Å². The monoisotopic (exact) mass is 237 g/mol. The number of hydrogen-bond acceptors (Lipinski definition) is 1. The number of nitrogens with one attached hydrogen (secondary N) is 1. The van der Waals surface area contributed by atoms with E-state index in [4.69, 9.17) is 0 Å². The van der Waals surface area contributed by atoms with Crippen molar-refractivity contribution in [3.8, 4) is 0 Å². The summed E-state index contributed by atoms with van der Waals surface area (Å²) in [5.74, 6) is 3.23. The van der Waals surface area contributed by atoms with Gasteiger partial charge in [0.25, 0.3) is 0 Å². The van der Waals surface area contributed by atoms with Crippen molar-refractivity contribution in [3.05, 3.63) is 0 Å². The van der Waals surface area contributed by atoms with Gasteiger partial charge in [0.1, 0.15) is 0 Å². The molecule has 0 bridgehead atoms. The molecule has 0 aromatic rings. The average molecular weight is 237 g/mol. The van der Waals surface area contributed by atoms with E-state index in [2.05, 4.69) is 19.2 Å². The van der Waals surface area contributed by atoms with Crippen molar-refractivity contribution in [2.45, 2.75) is 77.7 Å². The molecule has 2 aliphatic carbocycles. The zero-order chi connectivity index (χ0) is 12.1. The molecule has 1 heteroatoms. The average Bonchev–Trinajstić information content (AvgIpc) is 3.15. The molecule has 0 aromatic carbocycles. The second-order valence-electron chi connectivity index (χ2n) is 6.50. The summed E-state index contributed by atoms with van der Waals surface area (Å²) in [6.07, 6.45) is 13.1. The molecule has 0 spiro atoms. The van der Waals surface area contributed by atoms with Crippen LogP contribution in [0.3, 0.4) is 0 Å². The Morgan fingerprint density at radius 3 is 2.18 bits per heavy atom. The third kappa shape index (κ3) is 4.99. The Balaban J connectivity index is 1.53. The molecule has 1 nitrogen and oxygen atoms in total. The van der Waals surface area contributed by atoms with Gasteiger partial charge in [0.15, 0.2) is 0 Å². The van der Waals surface area contributed by atoms with Crippen molar-refractivity contribution >= 4 is 0 Å². The van der Waals surface area contributed by atoms with Crippen LogP contribution in [0.2, 0.25) is 0 Å². The van der Waals surface area contributed by atoms with Crippen LogP contribution in [0.4, 0.5) is 0 Å². The zero-order valence-electron chi connectivity index (χ0n) is 11.9. The minimum Gasteiger partial charge on any atom is -0.314 e. The highest BCUT2D eigenvalue weighted by Crippen LogP contribution is 2.48. The molecule has 0 saturated heterocycles. The van der Waals surface area contributed by atoms with Crippen molar-refractivity contribution in [2.75, 3.05) is 6.54 Å². The quantitative estimate of drug-likeness (QED) is 0.556. The van der Waals surface area contributed by atoms with Gasteiger partial charge in [0.05, 0.1) is 0 Å². The molecule has 0 amide bonds. The lowest BCUT2D eigenvalue weighted by molar-refractivity contribution is 0.351. The Hall–Kier alpha value is -0.0400. The van der Waals surface area contributed by atoms with Crippen LogP contribution in [0.5, 0.6) is 0 Å². The Morgan fingerprint density at radius 1 is 1.00 bits per heavy atom. The standard InChI is InChI=1S/C16H31N/c1-3-4-5-6-7-13(2)17-12-16(14-8-9-14)15-10-11-15/h13-17H,3-12H2,1-2H3. The molecule has 1 atom stereocenters. The van der Waals surface area contributed by atoms with Crippen LogP contribution in [0.1, 0.15) is 71.6 Å². The molecular formula is C16H31N. The first kappa shape index (κ1) is 13.4. The van der Waals surface area contributed by atoms with E-state index < -0.39 is 0 Å². The van der Waals surface area contributed by atoms with Crippen molar-refractivity contribution in [1.29, 1.82) is 0 Å². The van der Waals surface area contributed by atoms with E-state index in [1.165, 1.54) is 64.3 Å². The highest BCUT2D eigenvalue weighted by atomic mass is 14.9. The molecule has 1 N–H and O–H groups in total. The lowest BCUT2D eigenvalue weighted by atomic mass is 9.97. The molecule has 2 rings (SSSR count). The number of hydrogen-bond donors (Lipinski definition) is 1. The number of rotatable bonds is 10. The highest BCUT2D eigenvalue weighted by molar-refractivity contribution is 4.92. The van der Waals surface area contributed by atoms with E-state index in [-0.39, 0.29) is 0 Å². The summed E-state index contributed by atoms with van der Waals surface area (Å²) >= 11 is 0. The normalized spacial score (nSPS) is 22.1. The van der Waals surface area contributed by atoms with Gasteiger partial charge >= 0.3 is 0 Å². The molecule has 0 aromatic heterocycles. The minimum absolute atomic E-state index is 0.742. The van der Waals surface area contributed by atoms with Crippen LogP contribution < -0.4 is 5.32 Å². The van der Waals surface area contributed by atoms with Crippen molar-refractivity contribution in [3.63, 3.8) is 0 Å². The Labute approximate surface area is 108 Å². The minimum atomic E-state index is 0.742. The second kappa shape index (κ2) is 6.78. The van der Waals surface area contributed by atoms with Gasteiger partial charge in [-0.1, -0.05) is 32.6 Å². The van der Waals surface area contributed by atoms with E-state index >= 15 is 0 Å². The predicted octanol–water partition coefficient (Wildman–Crippen LogP) is 4.37. The van der Waals surface area contributed by atoms with E-state index in [1.54, 1.807) is 0 Å². The molecule has 0 radical (unpaired) electrons. The van der Waals surface area contributed by atoms with Gasteiger partial charge in [-0.3, -0.25) is 0 Å². The lowest BCUT2D eigenvalue weighted by Crippen LogP contribution is -2.32. The van der Waals surface area contributed by atoms with E-state index in [9.17, 15) is 0 Å². The topological polar surface area (TPSA) is 12.0 Å². The van der Waals surface area contributed by atoms with Gasteiger partial charge in [-0.15, -0.1) is 0 Å². The van der Waals surface area contributed by atoms with Gasteiger partial charge < -0.3 is 5.32 Å². The van der Waals surface area contributed by atoms with Gasteiger partial charge in [-0.2, -0.15) is 0 Å². The SMILES string of the molecule is CCCCCCC(C)NCC(C1CC1)C1CC1. The van der Waals surface area contributed by atoms with Crippen LogP contribution in [-0.4, -0.2) is 12.6 Å². The maximum absolute atomic E-state index is 3.80. The van der Waals surface area contributed by atoms with E-state index in [0.717, 1.165) is 23.8 Å². The Bertz CT molecular complexity index is 194. The summed E-state index contributed by atoms with van der Waals surface area (Å²) in [6, 6.07) is 0.742. The molecule has 17 heavy (non-hydrogen) atoms. The van der Waals surface area contributed by atoms with Gasteiger partial charge in [0, 0.05) is 6.04 Å². The van der Waals surface area contributed by atoms with E-state index in [1.807, 2.05) is 0 Å². The number of unbranched alkanes of at least 4 members (excludes halogenated alkanes) is 3. The van der Waals surface area contributed by atoms with Crippen LogP contribution in [0.15, 0.2) is 0 Å². The summed E-state index contributed by atoms with van der Waals surface area (Å²) in [5, 5.41) is 3.80. The third-order valence-corrected chi connectivity index (χ3v) is 4.65. The van der Waals surface area contributed by atoms with Gasteiger partial charge in [-0.05, 0) is 63.3 Å². The molecule has 1 unspecified atom stereocenters. The van der Waals surface area contributed by atoms with Crippen molar-refractivity contribution < 1.29 is 0 Å². The lowest BCUT2D eigenvalue weighted by Gasteiger charge is -2.20. The molecule has 0 heterocycles. The maximum Gasteiger partial charge on any atom is 0.00388 e. The first-order valence-corrected chi connectivity index (χ1v) is 8.04. The van der Waals surface area contributed by atoms with Gasteiger partial charge in [0.2, 0.25) is 0 Å². The summed E-state index contributed by atoms with van der Waals surface area (Å²) in [6.45, 7) is 5.98. The highest BCUT2D eigenvalue weighted by Gasteiger charge is 2.40. The van der Waals surface area contributed by atoms with Crippen molar-refractivity contribution in [2.24, 2.45) is 17.8 Å². The van der Waals surface area contributed by atoms with Crippen LogP contribution in [-0.2, 0) is 0 Å². The first-order chi connectivity index (χ1) is 8.31. The molecule has 100 valence electrons. The summed E-state index contributed by atoms with van der Waals surface area (Å²) in [5.41, 5.74) is 0. The predicted molar refractivity (Wildman–Crippen MR) is 75.2 cm³/mol. The maximum atomic E-state index is 3.80. The van der Waals surface area contributed by atoms with Crippen molar-refractivity contribution in [1.82, 2.24) is 5.32 Å². The van der Waals surface area contributed by atoms with E-state index in [0.29, 0.717) is 0 Å². The third-order valence-electron chi connectivity index (χ3n) is 4.65. The summed E-state index contributed by atoms with van der Waals surface area (Å²) in [7, 11) is 0. The van der Waals surface area contributed by atoms with Gasteiger partial charge in [-0.25, -0.2) is 0 Å². The van der Waals surface area contributed by atoms with Crippen LogP contribution in [0.25, 0.3) is 0 Å². The molecule has 0 aliphatic heterocycles. The Morgan fingerprint density at radius 2 is 1.65 bits per heavy atom. The fourth-order valence-corrected chi connectivity index (χ4v) is 3.08. The summed E-state index contributed by atoms with van der Waals surface area (Å²) in [4.78, 5) is 0. The fraction of sp³-hybridized carbons (Fsp3) is 1.00. The smallest absolute Gasteiger partial charge is 0.00388 e. The summed E-state index contributed by atoms with van der Waals surface area (Å²) < 4.78 is 0. The largest absolute Gasteiger partial charge is 0.314 e. The zero-order valence-corrected chi connectivity index (χ0v) is 11.9. The first-order valence-electron chi connectivity index (χ1n) is 8.04. The van der Waals surface area contributed by atoms with Crippen LogP contribution in [0, 0.1) is 17.8 Å². The molecule has 2 aliphatic rings. The molecule has 2 saturated carbocycles. The fourth-order valence-electron chi connectivity index (χ4n) is 3.08.